The number of nitrogen functional groups attached to an aromatic ring is 1. The van der Waals surface area contributed by atoms with E-state index < -0.39 is 5.82 Å². The van der Waals surface area contributed by atoms with Gasteiger partial charge in [-0.3, -0.25) is 0 Å². The first-order chi connectivity index (χ1) is 8.63. The minimum absolute atomic E-state index is 0.0964. The van der Waals surface area contributed by atoms with Gasteiger partial charge in [-0.15, -0.1) is 0 Å². The van der Waals surface area contributed by atoms with E-state index in [4.69, 9.17) is 17.3 Å². The number of nitrogens with one attached hydrogen (secondary N) is 1. The zero-order chi connectivity index (χ0) is 12.7. The second kappa shape index (κ2) is 3.99. The summed E-state index contributed by atoms with van der Waals surface area (Å²) in [6.07, 6.45) is 0. The molecule has 0 aliphatic rings. The lowest BCUT2D eigenvalue weighted by Crippen LogP contribution is -1.83. The van der Waals surface area contributed by atoms with Crippen LogP contribution in [0, 0.1) is 5.82 Å². The third-order valence-electron chi connectivity index (χ3n) is 2.70. The summed E-state index contributed by atoms with van der Waals surface area (Å²) in [5, 5.41) is 0.0964. The van der Waals surface area contributed by atoms with Crippen molar-refractivity contribution in [3.63, 3.8) is 0 Å². The fourth-order valence-electron chi connectivity index (χ4n) is 1.81. The number of aromatic amines is 1. The maximum atomic E-state index is 13.4. The lowest BCUT2D eigenvalue weighted by Gasteiger charge is -1.98. The standard InChI is InChI=1S/C13H9ClFN3/c14-9-3-1-7(5-10(9)15)13-17-11-4-2-8(16)6-12(11)18-13/h1-6H,16H2,(H,17,18). The molecular weight excluding hydrogens is 253 g/mol. The van der Waals surface area contributed by atoms with Gasteiger partial charge in [0.05, 0.1) is 16.1 Å². The second-order valence-electron chi connectivity index (χ2n) is 3.99. The number of benzene rings is 2. The Kier molecular flexibility index (Phi) is 2.45. The van der Waals surface area contributed by atoms with Crippen molar-refractivity contribution in [2.75, 3.05) is 5.73 Å². The minimum Gasteiger partial charge on any atom is -0.399 e. The van der Waals surface area contributed by atoms with Crippen LogP contribution in [0.25, 0.3) is 22.4 Å². The Bertz CT molecular complexity index is 736. The Labute approximate surface area is 107 Å². The number of hydrogen-bond acceptors (Lipinski definition) is 2. The van der Waals surface area contributed by atoms with Crippen LogP contribution in [0.3, 0.4) is 0 Å². The fraction of sp³-hybridized carbons (Fsp3) is 0. The zero-order valence-electron chi connectivity index (χ0n) is 9.24. The number of hydrogen-bond donors (Lipinski definition) is 2. The van der Waals surface area contributed by atoms with Gasteiger partial charge in [0.15, 0.2) is 0 Å². The van der Waals surface area contributed by atoms with Crippen LogP contribution < -0.4 is 5.73 Å². The van der Waals surface area contributed by atoms with E-state index in [-0.39, 0.29) is 5.02 Å². The number of nitrogens with zero attached hydrogens (tertiary/aromatic N) is 1. The van der Waals surface area contributed by atoms with E-state index in [0.717, 1.165) is 11.0 Å². The predicted octanol–water partition coefficient (Wildman–Crippen LogP) is 3.60. The molecule has 0 aliphatic carbocycles. The molecular formula is C13H9ClFN3. The predicted molar refractivity (Wildman–Crippen MR) is 70.9 cm³/mol. The summed E-state index contributed by atoms with van der Waals surface area (Å²) >= 11 is 5.65. The highest BCUT2D eigenvalue weighted by molar-refractivity contribution is 6.30. The summed E-state index contributed by atoms with van der Waals surface area (Å²) in [5.74, 6) is 0.125. The van der Waals surface area contributed by atoms with Gasteiger partial charge in [0, 0.05) is 11.3 Å². The van der Waals surface area contributed by atoms with Gasteiger partial charge < -0.3 is 10.7 Å². The number of fused-ring (bicyclic) bond motifs is 1. The van der Waals surface area contributed by atoms with Crippen LogP contribution in [0.5, 0.6) is 0 Å². The van der Waals surface area contributed by atoms with Crippen molar-refractivity contribution in [2.45, 2.75) is 0 Å². The van der Waals surface area contributed by atoms with E-state index >= 15 is 0 Å². The van der Waals surface area contributed by atoms with E-state index in [1.54, 1.807) is 18.2 Å². The molecule has 18 heavy (non-hydrogen) atoms. The third-order valence-corrected chi connectivity index (χ3v) is 3.01. The van der Waals surface area contributed by atoms with E-state index in [1.165, 1.54) is 12.1 Å². The maximum Gasteiger partial charge on any atom is 0.142 e. The maximum absolute atomic E-state index is 13.4. The van der Waals surface area contributed by atoms with Crippen molar-refractivity contribution >= 4 is 28.3 Å². The Balaban J connectivity index is 2.16. The van der Waals surface area contributed by atoms with Crippen molar-refractivity contribution in [3.05, 3.63) is 47.2 Å². The van der Waals surface area contributed by atoms with Gasteiger partial charge in [-0.05, 0) is 36.4 Å². The number of H-pyrrole nitrogens is 1. The van der Waals surface area contributed by atoms with Crippen LogP contribution in [0.2, 0.25) is 5.02 Å². The highest BCUT2D eigenvalue weighted by Gasteiger charge is 2.08. The third kappa shape index (κ3) is 1.80. The molecule has 0 atom stereocenters. The molecule has 90 valence electrons. The molecule has 5 heteroatoms. The molecule has 3 nitrogen and oxygen atoms in total. The highest BCUT2D eigenvalue weighted by atomic mass is 35.5. The molecule has 3 rings (SSSR count). The van der Waals surface area contributed by atoms with Crippen molar-refractivity contribution in [1.82, 2.24) is 9.97 Å². The van der Waals surface area contributed by atoms with E-state index in [0.29, 0.717) is 17.1 Å². The Hall–Kier alpha value is -2.07. The van der Waals surface area contributed by atoms with Gasteiger partial charge >= 0.3 is 0 Å². The molecule has 0 spiro atoms. The van der Waals surface area contributed by atoms with Gasteiger partial charge in [-0.2, -0.15) is 0 Å². The van der Waals surface area contributed by atoms with Crippen molar-refractivity contribution in [3.8, 4) is 11.4 Å². The summed E-state index contributed by atoms with van der Waals surface area (Å²) in [6.45, 7) is 0. The Morgan fingerprint density at radius 2 is 2.00 bits per heavy atom. The van der Waals surface area contributed by atoms with E-state index in [9.17, 15) is 4.39 Å². The Morgan fingerprint density at radius 1 is 1.17 bits per heavy atom. The van der Waals surface area contributed by atoms with Gasteiger partial charge in [0.25, 0.3) is 0 Å². The molecule has 0 saturated heterocycles. The summed E-state index contributed by atoms with van der Waals surface area (Å²) in [5.41, 5.74) is 8.59. The van der Waals surface area contributed by atoms with Crippen LogP contribution in [-0.2, 0) is 0 Å². The minimum atomic E-state index is -0.464. The number of rotatable bonds is 1. The van der Waals surface area contributed by atoms with Crippen LogP contribution in [0.1, 0.15) is 0 Å². The molecule has 2 aromatic carbocycles. The van der Waals surface area contributed by atoms with E-state index in [2.05, 4.69) is 9.97 Å². The average molecular weight is 262 g/mol. The smallest absolute Gasteiger partial charge is 0.142 e. The van der Waals surface area contributed by atoms with Crippen LogP contribution in [0.15, 0.2) is 36.4 Å². The first-order valence-electron chi connectivity index (χ1n) is 5.34. The normalized spacial score (nSPS) is 11.0. The highest BCUT2D eigenvalue weighted by Crippen LogP contribution is 2.25. The van der Waals surface area contributed by atoms with Crippen molar-refractivity contribution < 1.29 is 4.39 Å². The first-order valence-corrected chi connectivity index (χ1v) is 5.72. The quantitative estimate of drug-likeness (QED) is 0.658. The van der Waals surface area contributed by atoms with Crippen LogP contribution in [0.4, 0.5) is 10.1 Å². The summed E-state index contributed by atoms with van der Waals surface area (Å²) < 4.78 is 13.4. The molecule has 0 saturated carbocycles. The molecule has 3 N–H and O–H groups in total. The molecule has 1 heterocycles. The zero-order valence-corrected chi connectivity index (χ0v) is 10.0. The topological polar surface area (TPSA) is 54.7 Å². The number of halogens is 2. The lowest BCUT2D eigenvalue weighted by atomic mass is 10.2. The van der Waals surface area contributed by atoms with Crippen LogP contribution >= 0.6 is 11.6 Å². The number of anilines is 1. The summed E-state index contributed by atoms with van der Waals surface area (Å²) in [4.78, 5) is 7.47. The monoisotopic (exact) mass is 261 g/mol. The molecule has 0 fully saturated rings. The summed E-state index contributed by atoms with van der Waals surface area (Å²) in [6, 6.07) is 9.95. The molecule has 3 aromatic rings. The molecule has 0 aliphatic heterocycles. The molecule has 0 bridgehead atoms. The fourth-order valence-corrected chi connectivity index (χ4v) is 1.92. The Morgan fingerprint density at radius 3 is 2.78 bits per heavy atom. The van der Waals surface area contributed by atoms with E-state index in [1.807, 2.05) is 6.07 Å². The largest absolute Gasteiger partial charge is 0.399 e. The first kappa shape index (κ1) is 11.0. The average Bonchev–Trinajstić information content (AvgIpc) is 2.75. The number of nitrogens with two attached hydrogens (primary N) is 1. The number of imidazole rings is 1. The molecule has 0 amide bonds. The van der Waals surface area contributed by atoms with Crippen molar-refractivity contribution in [1.29, 1.82) is 0 Å². The summed E-state index contributed by atoms with van der Waals surface area (Å²) in [7, 11) is 0. The van der Waals surface area contributed by atoms with Gasteiger partial charge in [-0.25, -0.2) is 9.37 Å². The van der Waals surface area contributed by atoms with Gasteiger partial charge in [0.2, 0.25) is 0 Å². The number of aromatic nitrogens is 2. The van der Waals surface area contributed by atoms with Crippen LogP contribution in [-0.4, -0.2) is 9.97 Å². The van der Waals surface area contributed by atoms with Gasteiger partial charge in [-0.1, -0.05) is 11.6 Å². The van der Waals surface area contributed by atoms with Crippen molar-refractivity contribution in [2.24, 2.45) is 0 Å². The second-order valence-corrected chi connectivity index (χ2v) is 4.40. The van der Waals surface area contributed by atoms with Gasteiger partial charge in [0.1, 0.15) is 11.6 Å². The molecule has 0 radical (unpaired) electrons. The molecule has 0 unspecified atom stereocenters. The SMILES string of the molecule is Nc1ccc2nc(-c3ccc(Cl)c(F)c3)[nH]c2c1. The lowest BCUT2D eigenvalue weighted by molar-refractivity contribution is 0.628. The molecule has 1 aromatic heterocycles.